The number of hydrogen-bond acceptors (Lipinski definition) is 4. The summed E-state index contributed by atoms with van der Waals surface area (Å²) in [7, 11) is 0. The Morgan fingerprint density at radius 2 is 2.60 bits per heavy atom. The van der Waals surface area contributed by atoms with Gasteiger partial charge < -0.3 is 15.2 Å². The second-order valence-corrected chi connectivity index (χ2v) is 3.95. The molecule has 2 heterocycles. The number of aromatic nitrogens is 1. The van der Waals surface area contributed by atoms with Gasteiger partial charge in [0, 0.05) is 18.0 Å². The van der Waals surface area contributed by atoms with Crippen LogP contribution in [0.1, 0.15) is 19.8 Å². The van der Waals surface area contributed by atoms with Crippen molar-refractivity contribution in [2.24, 2.45) is 5.92 Å². The Bertz CT molecular complexity index is 323. The summed E-state index contributed by atoms with van der Waals surface area (Å²) in [5.74, 6) is 0.612. The maximum atomic E-state index is 11.8. The van der Waals surface area contributed by atoms with Gasteiger partial charge in [0.25, 0.3) is 0 Å². The third kappa shape index (κ3) is 2.56. The smallest absolute Gasteiger partial charge is 0.228 e. The van der Waals surface area contributed by atoms with Crippen LogP contribution in [0.2, 0.25) is 0 Å². The number of hydrogen-bond donors (Lipinski definition) is 2. The molecule has 0 saturated carbocycles. The molecule has 0 aliphatic carbocycles. The van der Waals surface area contributed by atoms with Crippen molar-refractivity contribution in [3.05, 3.63) is 12.3 Å². The normalized spacial score (nSPS) is 26.2. The van der Waals surface area contributed by atoms with Crippen molar-refractivity contribution in [2.75, 3.05) is 11.9 Å². The number of amides is 1. The molecule has 5 nitrogen and oxygen atoms in total. The average Bonchev–Trinajstić information content (AvgIpc) is 2.70. The Hall–Kier alpha value is -1.36. The van der Waals surface area contributed by atoms with Crippen LogP contribution >= 0.6 is 0 Å². The minimum absolute atomic E-state index is 0.0391. The van der Waals surface area contributed by atoms with E-state index in [0.717, 1.165) is 19.4 Å². The average molecular weight is 209 g/mol. The molecule has 2 N–H and O–H groups in total. The molecule has 82 valence electrons. The summed E-state index contributed by atoms with van der Waals surface area (Å²) in [6, 6.07) is 2.05. The van der Waals surface area contributed by atoms with E-state index in [2.05, 4.69) is 27.2 Å². The molecule has 0 bridgehead atoms. The zero-order chi connectivity index (χ0) is 10.7. The zero-order valence-corrected chi connectivity index (χ0v) is 8.69. The molecule has 1 aromatic rings. The standard InChI is InChI=1S/C10H15N3O2/c1-7-6-8(2-4-11-7)10(14)12-9-3-5-15-13-9/h3,5,7-8,11H,2,4,6H2,1H3,(H,12,13,14). The molecule has 1 saturated heterocycles. The fraction of sp³-hybridized carbons (Fsp3) is 0.600. The molecule has 1 aliphatic rings. The number of nitrogens with zero attached hydrogens (tertiary/aromatic N) is 1. The highest BCUT2D eigenvalue weighted by Crippen LogP contribution is 2.17. The molecule has 1 fully saturated rings. The Morgan fingerprint density at radius 1 is 1.73 bits per heavy atom. The van der Waals surface area contributed by atoms with Crippen LogP contribution in [0.15, 0.2) is 16.9 Å². The molecular formula is C10H15N3O2. The molecule has 1 aliphatic heterocycles. The van der Waals surface area contributed by atoms with Gasteiger partial charge in [-0.1, -0.05) is 5.16 Å². The van der Waals surface area contributed by atoms with Gasteiger partial charge in [-0.05, 0) is 26.3 Å². The fourth-order valence-electron chi connectivity index (χ4n) is 1.88. The highest BCUT2D eigenvalue weighted by atomic mass is 16.5. The molecular weight excluding hydrogens is 194 g/mol. The summed E-state index contributed by atoms with van der Waals surface area (Å²) in [4.78, 5) is 11.8. The summed E-state index contributed by atoms with van der Waals surface area (Å²) in [6.07, 6.45) is 3.21. The number of carbonyl (C=O) groups excluding carboxylic acids is 1. The fourth-order valence-corrected chi connectivity index (χ4v) is 1.88. The molecule has 5 heteroatoms. The number of anilines is 1. The quantitative estimate of drug-likeness (QED) is 0.762. The van der Waals surface area contributed by atoms with Gasteiger partial charge in [-0.3, -0.25) is 4.79 Å². The van der Waals surface area contributed by atoms with Crippen molar-refractivity contribution in [1.29, 1.82) is 0 Å². The van der Waals surface area contributed by atoms with Crippen molar-refractivity contribution >= 4 is 11.7 Å². The SMILES string of the molecule is CC1CC(C(=O)Nc2ccon2)CCN1. The van der Waals surface area contributed by atoms with Gasteiger partial charge in [0.1, 0.15) is 6.26 Å². The van der Waals surface area contributed by atoms with E-state index in [0.29, 0.717) is 11.9 Å². The van der Waals surface area contributed by atoms with Crippen molar-refractivity contribution in [3.63, 3.8) is 0 Å². The van der Waals surface area contributed by atoms with E-state index >= 15 is 0 Å². The lowest BCUT2D eigenvalue weighted by Gasteiger charge is -2.26. The van der Waals surface area contributed by atoms with Crippen molar-refractivity contribution in [3.8, 4) is 0 Å². The van der Waals surface area contributed by atoms with Gasteiger partial charge in [-0.25, -0.2) is 0 Å². The van der Waals surface area contributed by atoms with Gasteiger partial charge in [0.15, 0.2) is 5.82 Å². The molecule has 0 radical (unpaired) electrons. The van der Waals surface area contributed by atoms with Crippen LogP contribution in [0.25, 0.3) is 0 Å². The third-order valence-electron chi connectivity index (χ3n) is 2.68. The molecule has 1 aromatic heterocycles. The Labute approximate surface area is 88.2 Å². The van der Waals surface area contributed by atoms with Crippen molar-refractivity contribution in [1.82, 2.24) is 10.5 Å². The van der Waals surface area contributed by atoms with E-state index in [1.807, 2.05) is 0 Å². The van der Waals surface area contributed by atoms with Crippen LogP contribution in [0.3, 0.4) is 0 Å². The topological polar surface area (TPSA) is 67.2 Å². The predicted octanol–water partition coefficient (Wildman–Crippen LogP) is 1.00. The first-order chi connectivity index (χ1) is 7.25. The number of piperidine rings is 1. The second kappa shape index (κ2) is 4.44. The van der Waals surface area contributed by atoms with E-state index < -0.39 is 0 Å². The van der Waals surface area contributed by atoms with Gasteiger partial charge >= 0.3 is 0 Å². The highest BCUT2D eigenvalue weighted by Gasteiger charge is 2.24. The van der Waals surface area contributed by atoms with E-state index in [1.54, 1.807) is 6.07 Å². The Kier molecular flexibility index (Phi) is 3.01. The lowest BCUT2D eigenvalue weighted by atomic mass is 9.92. The summed E-state index contributed by atoms with van der Waals surface area (Å²) >= 11 is 0. The van der Waals surface area contributed by atoms with Gasteiger partial charge in [0.2, 0.25) is 5.91 Å². The minimum Gasteiger partial charge on any atom is -0.363 e. The van der Waals surface area contributed by atoms with E-state index in [-0.39, 0.29) is 11.8 Å². The van der Waals surface area contributed by atoms with Crippen LogP contribution < -0.4 is 10.6 Å². The minimum atomic E-state index is 0.0391. The lowest BCUT2D eigenvalue weighted by Crippen LogP contribution is -2.40. The van der Waals surface area contributed by atoms with Crippen LogP contribution in [-0.4, -0.2) is 23.7 Å². The van der Waals surface area contributed by atoms with Crippen LogP contribution in [0.4, 0.5) is 5.82 Å². The van der Waals surface area contributed by atoms with E-state index in [9.17, 15) is 4.79 Å². The molecule has 0 spiro atoms. The van der Waals surface area contributed by atoms with E-state index in [1.165, 1.54) is 6.26 Å². The highest BCUT2D eigenvalue weighted by molar-refractivity contribution is 5.91. The predicted molar refractivity (Wildman–Crippen MR) is 55.3 cm³/mol. The Morgan fingerprint density at radius 3 is 3.27 bits per heavy atom. The van der Waals surface area contributed by atoms with Crippen LogP contribution in [0.5, 0.6) is 0 Å². The van der Waals surface area contributed by atoms with Crippen molar-refractivity contribution < 1.29 is 9.32 Å². The monoisotopic (exact) mass is 209 g/mol. The summed E-state index contributed by atoms with van der Waals surface area (Å²) in [5.41, 5.74) is 0. The third-order valence-corrected chi connectivity index (χ3v) is 2.68. The van der Waals surface area contributed by atoms with Crippen LogP contribution in [-0.2, 0) is 4.79 Å². The van der Waals surface area contributed by atoms with Crippen molar-refractivity contribution in [2.45, 2.75) is 25.8 Å². The first-order valence-electron chi connectivity index (χ1n) is 5.20. The van der Waals surface area contributed by atoms with Crippen LogP contribution in [0, 0.1) is 5.92 Å². The summed E-state index contributed by atoms with van der Waals surface area (Å²) < 4.78 is 4.65. The van der Waals surface area contributed by atoms with E-state index in [4.69, 9.17) is 0 Å². The first-order valence-corrected chi connectivity index (χ1v) is 5.20. The second-order valence-electron chi connectivity index (χ2n) is 3.95. The molecule has 2 rings (SSSR count). The molecule has 1 amide bonds. The molecule has 2 atom stereocenters. The van der Waals surface area contributed by atoms with Gasteiger partial charge in [0.05, 0.1) is 0 Å². The summed E-state index contributed by atoms with van der Waals surface area (Å²) in [6.45, 7) is 2.99. The zero-order valence-electron chi connectivity index (χ0n) is 8.69. The van der Waals surface area contributed by atoms with Gasteiger partial charge in [-0.2, -0.15) is 0 Å². The molecule has 15 heavy (non-hydrogen) atoms. The largest absolute Gasteiger partial charge is 0.363 e. The molecule has 2 unspecified atom stereocenters. The Balaban J connectivity index is 1.90. The first kappa shape index (κ1) is 10.2. The maximum absolute atomic E-state index is 11.8. The van der Waals surface area contributed by atoms with Gasteiger partial charge in [-0.15, -0.1) is 0 Å². The summed E-state index contributed by atoms with van der Waals surface area (Å²) in [5, 5.41) is 9.70. The number of carbonyl (C=O) groups is 1. The molecule has 0 aromatic carbocycles. The number of rotatable bonds is 2. The maximum Gasteiger partial charge on any atom is 0.228 e. The lowest BCUT2D eigenvalue weighted by molar-refractivity contribution is -0.120. The number of nitrogens with one attached hydrogen (secondary N) is 2.